The Bertz CT molecular complexity index is 687. The lowest BCUT2D eigenvalue weighted by Crippen LogP contribution is -2.31. The van der Waals surface area contributed by atoms with Crippen LogP contribution < -0.4 is 0 Å². The summed E-state index contributed by atoms with van der Waals surface area (Å²) < 4.78 is 5.28. The van der Waals surface area contributed by atoms with Crippen LogP contribution in [0.5, 0.6) is 0 Å². The molecule has 0 amide bonds. The van der Waals surface area contributed by atoms with Crippen molar-refractivity contribution in [2.75, 3.05) is 6.61 Å². The Balaban J connectivity index is 1.69. The highest BCUT2D eigenvalue weighted by atomic mass is 16.5. The van der Waals surface area contributed by atoms with E-state index in [2.05, 4.69) is 0 Å². The summed E-state index contributed by atoms with van der Waals surface area (Å²) in [6.07, 6.45) is 2.62. The smallest absolute Gasteiger partial charge is 0.338 e. The molecule has 2 aliphatic carbocycles. The normalized spacial score (nSPS) is 23.9. The molecule has 0 aromatic heterocycles. The van der Waals surface area contributed by atoms with E-state index in [-0.39, 0.29) is 24.1 Å². The van der Waals surface area contributed by atoms with E-state index in [1.165, 1.54) is 0 Å². The SMILES string of the molecule is CC12CCC(=O)C(CCOC(=O)c3ccccc3)=C1CCC2=O. The second-order valence-electron chi connectivity index (χ2n) is 6.39. The topological polar surface area (TPSA) is 60.4 Å². The van der Waals surface area contributed by atoms with Crippen LogP contribution in [0.1, 0.15) is 49.4 Å². The number of hydrogen-bond donors (Lipinski definition) is 0. The van der Waals surface area contributed by atoms with Gasteiger partial charge in [0.25, 0.3) is 0 Å². The summed E-state index contributed by atoms with van der Waals surface area (Å²) in [5.41, 5.74) is 1.73. The molecule has 1 aromatic carbocycles. The van der Waals surface area contributed by atoms with Gasteiger partial charge in [-0.25, -0.2) is 4.79 Å². The highest BCUT2D eigenvalue weighted by molar-refractivity contribution is 6.02. The third-order valence-corrected chi connectivity index (χ3v) is 5.03. The van der Waals surface area contributed by atoms with Crippen LogP contribution >= 0.6 is 0 Å². The largest absolute Gasteiger partial charge is 0.462 e. The van der Waals surface area contributed by atoms with E-state index in [1.54, 1.807) is 24.3 Å². The lowest BCUT2D eigenvalue weighted by Gasteiger charge is -2.31. The number of Topliss-reactive ketones (excluding diaryl/α,β-unsaturated/α-hetero) is 2. The average Bonchev–Trinajstić information content (AvgIpc) is 2.86. The molecule has 0 bridgehead atoms. The summed E-state index contributed by atoms with van der Waals surface area (Å²) in [5.74, 6) is -0.0496. The van der Waals surface area contributed by atoms with Crippen LogP contribution in [-0.2, 0) is 14.3 Å². The quantitative estimate of drug-likeness (QED) is 0.801. The highest BCUT2D eigenvalue weighted by Gasteiger charge is 2.46. The monoisotopic (exact) mass is 312 g/mol. The molecule has 4 nitrogen and oxygen atoms in total. The number of esters is 1. The number of allylic oxidation sites excluding steroid dienone is 1. The highest BCUT2D eigenvalue weighted by Crippen LogP contribution is 2.48. The fourth-order valence-electron chi connectivity index (χ4n) is 3.61. The number of fused-ring (bicyclic) bond motifs is 1. The molecule has 0 N–H and O–H groups in total. The molecule has 0 radical (unpaired) electrons. The third-order valence-electron chi connectivity index (χ3n) is 5.03. The molecule has 1 atom stereocenters. The zero-order chi connectivity index (χ0) is 16.4. The Morgan fingerprint density at radius 2 is 1.87 bits per heavy atom. The number of rotatable bonds is 4. The molecular formula is C19H20O4. The van der Waals surface area contributed by atoms with Crippen LogP contribution in [-0.4, -0.2) is 24.1 Å². The average molecular weight is 312 g/mol. The third kappa shape index (κ3) is 2.85. The van der Waals surface area contributed by atoms with Gasteiger partial charge in [-0.1, -0.05) is 18.2 Å². The molecule has 0 aliphatic heterocycles. The van der Waals surface area contributed by atoms with Gasteiger partial charge < -0.3 is 4.74 Å². The van der Waals surface area contributed by atoms with Gasteiger partial charge in [0, 0.05) is 24.7 Å². The minimum Gasteiger partial charge on any atom is -0.462 e. The molecular weight excluding hydrogens is 292 g/mol. The fourth-order valence-corrected chi connectivity index (χ4v) is 3.61. The predicted molar refractivity (Wildman–Crippen MR) is 85.0 cm³/mol. The van der Waals surface area contributed by atoms with E-state index in [4.69, 9.17) is 4.74 Å². The first-order valence-corrected chi connectivity index (χ1v) is 8.03. The van der Waals surface area contributed by atoms with Crippen molar-refractivity contribution in [3.63, 3.8) is 0 Å². The first-order valence-electron chi connectivity index (χ1n) is 8.03. The predicted octanol–water partition coefficient (Wildman–Crippen LogP) is 3.26. The van der Waals surface area contributed by atoms with Crippen molar-refractivity contribution in [1.82, 2.24) is 0 Å². The van der Waals surface area contributed by atoms with Gasteiger partial charge in [-0.2, -0.15) is 0 Å². The number of hydrogen-bond acceptors (Lipinski definition) is 4. The fraction of sp³-hybridized carbons (Fsp3) is 0.421. The number of carbonyl (C=O) groups is 3. The zero-order valence-electron chi connectivity index (χ0n) is 13.3. The Morgan fingerprint density at radius 3 is 2.61 bits per heavy atom. The molecule has 120 valence electrons. The Hall–Kier alpha value is -2.23. The van der Waals surface area contributed by atoms with Gasteiger partial charge in [-0.3, -0.25) is 9.59 Å². The zero-order valence-corrected chi connectivity index (χ0v) is 13.3. The molecule has 3 rings (SSSR count). The van der Waals surface area contributed by atoms with Crippen molar-refractivity contribution in [1.29, 1.82) is 0 Å². The lowest BCUT2D eigenvalue weighted by atomic mass is 9.71. The molecule has 1 saturated carbocycles. The minimum absolute atomic E-state index is 0.0999. The van der Waals surface area contributed by atoms with Gasteiger partial charge in [0.1, 0.15) is 5.78 Å². The van der Waals surface area contributed by atoms with Crippen LogP contribution in [0.2, 0.25) is 0 Å². The minimum atomic E-state index is -0.466. The maximum atomic E-state index is 12.2. The van der Waals surface area contributed by atoms with Crippen LogP contribution in [0.15, 0.2) is 41.5 Å². The van der Waals surface area contributed by atoms with E-state index >= 15 is 0 Å². The number of carbonyl (C=O) groups excluding carboxylic acids is 3. The van der Waals surface area contributed by atoms with Crippen LogP contribution in [0.3, 0.4) is 0 Å². The first kappa shape index (κ1) is 15.7. The van der Waals surface area contributed by atoms with Gasteiger partial charge in [0.05, 0.1) is 12.2 Å². The molecule has 1 aromatic rings. The number of ether oxygens (including phenoxy) is 1. The van der Waals surface area contributed by atoms with Gasteiger partial charge in [-0.15, -0.1) is 0 Å². The van der Waals surface area contributed by atoms with Crippen LogP contribution in [0, 0.1) is 5.41 Å². The van der Waals surface area contributed by atoms with E-state index in [9.17, 15) is 14.4 Å². The molecule has 1 fully saturated rings. The molecule has 0 heterocycles. The van der Waals surface area contributed by atoms with Gasteiger partial charge >= 0.3 is 5.97 Å². The van der Waals surface area contributed by atoms with Crippen molar-refractivity contribution in [2.45, 2.75) is 39.0 Å². The van der Waals surface area contributed by atoms with Crippen molar-refractivity contribution in [2.24, 2.45) is 5.41 Å². The molecule has 4 heteroatoms. The van der Waals surface area contributed by atoms with E-state index in [0.29, 0.717) is 43.2 Å². The lowest BCUT2D eigenvalue weighted by molar-refractivity contribution is -0.125. The van der Waals surface area contributed by atoms with E-state index in [0.717, 1.165) is 5.57 Å². The van der Waals surface area contributed by atoms with E-state index < -0.39 is 5.41 Å². The van der Waals surface area contributed by atoms with Crippen molar-refractivity contribution >= 4 is 17.5 Å². The van der Waals surface area contributed by atoms with Gasteiger partial charge in [0.2, 0.25) is 0 Å². The Kier molecular flexibility index (Phi) is 4.16. The van der Waals surface area contributed by atoms with E-state index in [1.807, 2.05) is 13.0 Å². The van der Waals surface area contributed by atoms with Crippen LogP contribution in [0.4, 0.5) is 0 Å². The molecule has 23 heavy (non-hydrogen) atoms. The van der Waals surface area contributed by atoms with Gasteiger partial charge in [-0.05, 0) is 43.0 Å². The van der Waals surface area contributed by atoms with Crippen molar-refractivity contribution in [3.05, 3.63) is 47.0 Å². The first-order chi connectivity index (χ1) is 11.0. The standard InChI is InChI=1S/C19H20O4/c1-19-11-9-16(20)14(15(19)7-8-17(19)21)10-12-23-18(22)13-5-3-2-4-6-13/h2-6H,7-12H2,1H3. The molecule has 2 aliphatic rings. The maximum Gasteiger partial charge on any atom is 0.338 e. The molecule has 1 unspecified atom stereocenters. The van der Waals surface area contributed by atoms with Crippen molar-refractivity contribution < 1.29 is 19.1 Å². The van der Waals surface area contributed by atoms with Crippen LogP contribution in [0.25, 0.3) is 0 Å². The maximum absolute atomic E-state index is 12.2. The summed E-state index contributed by atoms with van der Waals surface area (Å²) in [6, 6.07) is 8.79. The molecule has 0 saturated heterocycles. The Morgan fingerprint density at radius 1 is 1.13 bits per heavy atom. The van der Waals surface area contributed by atoms with Gasteiger partial charge in [0.15, 0.2) is 5.78 Å². The summed E-state index contributed by atoms with van der Waals surface area (Å²) in [5, 5.41) is 0. The second kappa shape index (κ2) is 6.11. The van der Waals surface area contributed by atoms with Crippen molar-refractivity contribution in [3.8, 4) is 0 Å². The number of ketones is 2. The second-order valence-corrected chi connectivity index (χ2v) is 6.39. The summed E-state index contributed by atoms with van der Waals surface area (Å²) in [4.78, 5) is 36.3. The summed E-state index contributed by atoms with van der Waals surface area (Å²) in [7, 11) is 0. The number of benzene rings is 1. The Labute approximate surface area is 135 Å². The summed E-state index contributed by atoms with van der Waals surface area (Å²) >= 11 is 0. The molecule has 0 spiro atoms. The summed E-state index contributed by atoms with van der Waals surface area (Å²) in [6.45, 7) is 2.11.